The molecule has 0 aliphatic carbocycles. The molecule has 40 heavy (non-hydrogen) atoms. The van der Waals surface area contributed by atoms with Crippen LogP contribution in [0.4, 0.5) is 5.69 Å². The molecule has 214 valence electrons. The summed E-state index contributed by atoms with van der Waals surface area (Å²) in [4.78, 5) is 28.1. The number of nitrogens with one attached hydrogen (secondary N) is 1. The number of amides is 2. The van der Waals surface area contributed by atoms with Crippen molar-refractivity contribution in [3.8, 4) is 11.5 Å². The average molecular weight is 568 g/mol. The maximum atomic E-state index is 14.0. The van der Waals surface area contributed by atoms with Crippen molar-refractivity contribution in [1.82, 2.24) is 10.2 Å². The summed E-state index contributed by atoms with van der Waals surface area (Å²) in [6.07, 6.45) is 0. The van der Waals surface area contributed by atoms with Gasteiger partial charge in [0.15, 0.2) is 11.5 Å². The SMILES string of the molecule is CCNC(=O)[C@H](C)N(Cc1cccc(C)c1)C(=O)CN(c1ccc(C)cc1)S(=O)(=O)c1ccc(OC)c(OC)c1. The fourth-order valence-electron chi connectivity index (χ4n) is 4.26. The highest BCUT2D eigenvalue weighted by Gasteiger charge is 2.33. The number of carbonyl (C=O) groups is 2. The van der Waals surface area contributed by atoms with E-state index in [4.69, 9.17) is 9.47 Å². The average Bonchev–Trinajstić information content (AvgIpc) is 2.94. The molecule has 9 nitrogen and oxygen atoms in total. The summed E-state index contributed by atoms with van der Waals surface area (Å²) < 4.78 is 39.7. The van der Waals surface area contributed by atoms with Gasteiger partial charge in [-0.2, -0.15) is 0 Å². The summed E-state index contributed by atoms with van der Waals surface area (Å²) in [7, 11) is -1.36. The van der Waals surface area contributed by atoms with Crippen LogP contribution in [0.1, 0.15) is 30.5 Å². The Morgan fingerprint density at radius 3 is 2.17 bits per heavy atom. The third kappa shape index (κ3) is 7.12. The molecule has 1 N–H and O–H groups in total. The molecular weight excluding hydrogens is 530 g/mol. The minimum atomic E-state index is -4.24. The first-order chi connectivity index (χ1) is 19.0. The number of anilines is 1. The van der Waals surface area contributed by atoms with Crippen LogP contribution in [0.5, 0.6) is 11.5 Å². The van der Waals surface area contributed by atoms with E-state index in [0.717, 1.165) is 21.0 Å². The third-order valence-electron chi connectivity index (χ3n) is 6.50. The standard InChI is InChI=1S/C30H37N3O6S/c1-7-31-30(35)23(4)32(19-24-10-8-9-22(3)17-24)29(34)20-33(25-13-11-21(2)12-14-25)40(36,37)26-15-16-27(38-5)28(18-26)39-6/h8-18,23H,7,19-20H2,1-6H3,(H,31,35)/t23-/m0/s1. The first-order valence-corrected chi connectivity index (χ1v) is 14.4. The molecule has 0 saturated carbocycles. The lowest BCUT2D eigenvalue weighted by Crippen LogP contribution is -2.51. The van der Waals surface area contributed by atoms with E-state index in [-0.39, 0.29) is 23.1 Å². The van der Waals surface area contributed by atoms with Crippen molar-refractivity contribution in [2.45, 2.75) is 45.2 Å². The van der Waals surface area contributed by atoms with Crippen molar-refractivity contribution >= 4 is 27.5 Å². The van der Waals surface area contributed by atoms with Crippen LogP contribution in [0.15, 0.2) is 71.6 Å². The zero-order valence-electron chi connectivity index (χ0n) is 23.8. The summed E-state index contributed by atoms with van der Waals surface area (Å²) in [6.45, 7) is 7.28. The number of aryl methyl sites for hydroxylation is 2. The van der Waals surface area contributed by atoms with Gasteiger partial charge < -0.3 is 19.7 Å². The first-order valence-electron chi connectivity index (χ1n) is 13.0. The van der Waals surface area contributed by atoms with Gasteiger partial charge in [-0.25, -0.2) is 8.42 Å². The Balaban J connectivity index is 2.07. The van der Waals surface area contributed by atoms with Crippen LogP contribution < -0.4 is 19.1 Å². The maximum Gasteiger partial charge on any atom is 0.264 e. The number of hydrogen-bond donors (Lipinski definition) is 1. The molecular formula is C30H37N3O6S. The Labute approximate surface area is 236 Å². The van der Waals surface area contributed by atoms with E-state index in [1.165, 1.54) is 37.3 Å². The fourth-order valence-corrected chi connectivity index (χ4v) is 5.69. The zero-order chi connectivity index (χ0) is 29.4. The number of benzene rings is 3. The second kappa shape index (κ2) is 13.3. The highest BCUT2D eigenvalue weighted by molar-refractivity contribution is 7.92. The van der Waals surface area contributed by atoms with Gasteiger partial charge >= 0.3 is 0 Å². The lowest BCUT2D eigenvalue weighted by molar-refractivity contribution is -0.139. The zero-order valence-corrected chi connectivity index (χ0v) is 24.6. The summed E-state index contributed by atoms with van der Waals surface area (Å²) in [5.41, 5.74) is 3.08. The molecule has 0 saturated heterocycles. The number of nitrogens with zero attached hydrogens (tertiary/aromatic N) is 2. The maximum absolute atomic E-state index is 14.0. The van der Waals surface area contributed by atoms with Gasteiger partial charge in [0.25, 0.3) is 10.0 Å². The van der Waals surface area contributed by atoms with Crippen LogP contribution in [0.2, 0.25) is 0 Å². The van der Waals surface area contributed by atoms with E-state index >= 15 is 0 Å². The highest BCUT2D eigenvalue weighted by Crippen LogP contribution is 2.32. The van der Waals surface area contributed by atoms with Crippen LogP contribution in [-0.4, -0.2) is 58.5 Å². The molecule has 0 aliphatic heterocycles. The van der Waals surface area contributed by atoms with Crippen LogP contribution >= 0.6 is 0 Å². The molecule has 3 rings (SSSR count). The monoisotopic (exact) mass is 567 g/mol. The molecule has 1 atom stereocenters. The summed E-state index contributed by atoms with van der Waals surface area (Å²) >= 11 is 0. The second-order valence-electron chi connectivity index (χ2n) is 9.45. The number of rotatable bonds is 12. The van der Waals surface area contributed by atoms with E-state index in [1.807, 2.05) is 38.1 Å². The van der Waals surface area contributed by atoms with Crippen molar-refractivity contribution in [2.24, 2.45) is 0 Å². The molecule has 10 heteroatoms. The van der Waals surface area contributed by atoms with Crippen LogP contribution in [0.25, 0.3) is 0 Å². The first kappa shape index (κ1) is 30.5. The predicted molar refractivity (Wildman–Crippen MR) is 155 cm³/mol. The highest BCUT2D eigenvalue weighted by atomic mass is 32.2. The minimum absolute atomic E-state index is 0.0690. The van der Waals surface area contributed by atoms with Crippen LogP contribution in [-0.2, 0) is 26.2 Å². The Hall–Kier alpha value is -4.05. The van der Waals surface area contributed by atoms with Gasteiger partial charge in [-0.05, 0) is 57.5 Å². The second-order valence-corrected chi connectivity index (χ2v) is 11.3. The number of likely N-dealkylation sites (N-methyl/N-ethyl adjacent to an activating group) is 1. The Morgan fingerprint density at radius 2 is 1.57 bits per heavy atom. The van der Waals surface area contributed by atoms with Crippen molar-refractivity contribution < 1.29 is 27.5 Å². The number of ether oxygens (including phenoxy) is 2. The molecule has 0 fully saturated rings. The number of hydrogen-bond acceptors (Lipinski definition) is 6. The van der Waals surface area contributed by atoms with E-state index < -0.39 is 28.5 Å². The fraction of sp³-hybridized carbons (Fsp3) is 0.333. The van der Waals surface area contributed by atoms with Gasteiger partial charge in [0.05, 0.1) is 24.8 Å². The molecule has 0 aliphatic rings. The number of sulfonamides is 1. The van der Waals surface area contributed by atoms with Crippen molar-refractivity contribution in [1.29, 1.82) is 0 Å². The molecule has 3 aromatic rings. The van der Waals surface area contributed by atoms with Crippen LogP contribution in [0, 0.1) is 13.8 Å². The molecule has 0 unspecified atom stereocenters. The smallest absolute Gasteiger partial charge is 0.264 e. The molecule has 0 bridgehead atoms. The number of methoxy groups -OCH3 is 2. The Morgan fingerprint density at radius 1 is 0.900 bits per heavy atom. The molecule has 2 amide bonds. The summed E-state index contributed by atoms with van der Waals surface area (Å²) in [6, 6.07) is 17.9. The molecule has 0 radical (unpaired) electrons. The van der Waals surface area contributed by atoms with E-state index in [1.54, 1.807) is 38.1 Å². The quantitative estimate of drug-likeness (QED) is 0.354. The van der Waals surface area contributed by atoms with Crippen molar-refractivity contribution in [3.63, 3.8) is 0 Å². The van der Waals surface area contributed by atoms with Gasteiger partial charge in [-0.1, -0.05) is 47.5 Å². The number of carbonyl (C=O) groups excluding carboxylic acids is 2. The molecule has 0 aromatic heterocycles. The van der Waals surface area contributed by atoms with E-state index in [2.05, 4.69) is 5.32 Å². The molecule has 0 spiro atoms. The van der Waals surface area contributed by atoms with E-state index in [0.29, 0.717) is 18.0 Å². The topological polar surface area (TPSA) is 105 Å². The lowest BCUT2D eigenvalue weighted by atomic mass is 10.1. The van der Waals surface area contributed by atoms with Crippen LogP contribution in [0.3, 0.4) is 0 Å². The van der Waals surface area contributed by atoms with Gasteiger partial charge in [0, 0.05) is 19.2 Å². The van der Waals surface area contributed by atoms with Gasteiger partial charge in [0.2, 0.25) is 11.8 Å². The Bertz CT molecular complexity index is 1440. The normalized spacial score (nSPS) is 11.8. The largest absolute Gasteiger partial charge is 0.493 e. The third-order valence-corrected chi connectivity index (χ3v) is 8.27. The van der Waals surface area contributed by atoms with Crippen molar-refractivity contribution in [2.75, 3.05) is 31.6 Å². The summed E-state index contributed by atoms with van der Waals surface area (Å²) in [5.74, 6) is -0.234. The lowest BCUT2D eigenvalue weighted by Gasteiger charge is -2.32. The van der Waals surface area contributed by atoms with Gasteiger partial charge in [-0.15, -0.1) is 0 Å². The predicted octanol–water partition coefficient (Wildman–Crippen LogP) is 4.07. The van der Waals surface area contributed by atoms with E-state index in [9.17, 15) is 18.0 Å². The molecule has 3 aromatic carbocycles. The van der Waals surface area contributed by atoms with Gasteiger partial charge in [0.1, 0.15) is 12.6 Å². The van der Waals surface area contributed by atoms with Gasteiger partial charge in [-0.3, -0.25) is 13.9 Å². The summed E-state index contributed by atoms with van der Waals surface area (Å²) in [5, 5.41) is 2.76. The van der Waals surface area contributed by atoms with Crippen molar-refractivity contribution in [3.05, 3.63) is 83.4 Å². The molecule has 0 heterocycles. The minimum Gasteiger partial charge on any atom is -0.493 e. The Kier molecular flexibility index (Phi) is 10.2.